The van der Waals surface area contributed by atoms with E-state index in [1.807, 2.05) is 0 Å². The Kier molecular flexibility index (Phi) is 3.91. The molecule has 1 amide bonds. The third kappa shape index (κ3) is 2.58. The summed E-state index contributed by atoms with van der Waals surface area (Å²) in [6.45, 7) is 2.47. The molecule has 1 fully saturated rings. The first-order chi connectivity index (χ1) is 12.0. The van der Waals surface area contributed by atoms with Crippen LogP contribution in [0.25, 0.3) is 0 Å². The number of halogens is 1. The standard InChI is InChI=1S/C20H24FN3O/c1-22(2)19(25)15-6-7-16(17(21)13-15)14-24-12-11-23-10-3-5-18(23)20(24)8-4-9-20/h3,5-7,10,13H,4,8-9,11-12,14H2,1-2H3. The first-order valence-corrected chi connectivity index (χ1v) is 8.92. The Bertz CT molecular complexity index is 807. The molecule has 1 aliphatic heterocycles. The molecule has 1 aromatic carbocycles. The van der Waals surface area contributed by atoms with Crippen LogP contribution in [0, 0.1) is 5.82 Å². The molecule has 25 heavy (non-hydrogen) atoms. The first-order valence-electron chi connectivity index (χ1n) is 8.92. The minimum absolute atomic E-state index is 0.0618. The van der Waals surface area contributed by atoms with Crippen LogP contribution < -0.4 is 0 Å². The summed E-state index contributed by atoms with van der Waals surface area (Å²) in [5, 5.41) is 0. The van der Waals surface area contributed by atoms with Gasteiger partial charge in [-0.05, 0) is 43.5 Å². The number of hydrogen-bond donors (Lipinski definition) is 0. The molecule has 0 bridgehead atoms. The lowest BCUT2D eigenvalue weighted by Gasteiger charge is -2.53. The molecule has 2 heterocycles. The summed E-state index contributed by atoms with van der Waals surface area (Å²) in [6, 6.07) is 9.20. The van der Waals surface area contributed by atoms with Crippen molar-refractivity contribution in [3.05, 3.63) is 59.2 Å². The number of benzene rings is 1. The molecule has 2 aliphatic rings. The highest BCUT2D eigenvalue weighted by atomic mass is 19.1. The monoisotopic (exact) mass is 341 g/mol. The van der Waals surface area contributed by atoms with Crippen molar-refractivity contribution in [1.82, 2.24) is 14.4 Å². The number of carbonyl (C=O) groups excluding carboxylic acids is 1. The first kappa shape index (κ1) is 16.3. The van der Waals surface area contributed by atoms with Crippen LogP contribution in [-0.4, -0.2) is 40.9 Å². The van der Waals surface area contributed by atoms with E-state index in [1.165, 1.54) is 23.1 Å². The van der Waals surface area contributed by atoms with Gasteiger partial charge in [0.15, 0.2) is 0 Å². The molecule has 2 aromatic rings. The lowest BCUT2D eigenvalue weighted by molar-refractivity contribution is -0.0219. The lowest BCUT2D eigenvalue weighted by Crippen LogP contribution is -2.55. The van der Waals surface area contributed by atoms with Crippen LogP contribution in [0.3, 0.4) is 0 Å². The van der Waals surface area contributed by atoms with Crippen LogP contribution >= 0.6 is 0 Å². The van der Waals surface area contributed by atoms with Gasteiger partial charge in [0.25, 0.3) is 5.91 Å². The van der Waals surface area contributed by atoms with Crippen molar-refractivity contribution in [3.63, 3.8) is 0 Å². The van der Waals surface area contributed by atoms with Crippen molar-refractivity contribution in [3.8, 4) is 0 Å². The maximum Gasteiger partial charge on any atom is 0.253 e. The molecule has 1 aliphatic carbocycles. The Morgan fingerprint density at radius 3 is 2.68 bits per heavy atom. The highest BCUT2D eigenvalue weighted by molar-refractivity contribution is 5.93. The molecule has 0 N–H and O–H groups in total. The summed E-state index contributed by atoms with van der Waals surface area (Å²) in [7, 11) is 3.36. The molecule has 5 heteroatoms. The van der Waals surface area contributed by atoms with Crippen LogP contribution in [-0.2, 0) is 18.6 Å². The second-order valence-electron chi connectivity index (χ2n) is 7.40. The molecular weight excluding hydrogens is 317 g/mol. The Balaban J connectivity index is 1.59. The van der Waals surface area contributed by atoms with Gasteiger partial charge < -0.3 is 9.47 Å². The number of hydrogen-bond acceptors (Lipinski definition) is 2. The third-order valence-corrected chi connectivity index (χ3v) is 5.77. The van der Waals surface area contributed by atoms with Crippen LogP contribution in [0.4, 0.5) is 4.39 Å². The average Bonchev–Trinajstić information content (AvgIpc) is 3.03. The summed E-state index contributed by atoms with van der Waals surface area (Å²) in [5.74, 6) is -0.458. The van der Waals surface area contributed by atoms with E-state index in [0.717, 1.165) is 25.9 Å². The Hall–Kier alpha value is -2.14. The van der Waals surface area contributed by atoms with E-state index in [-0.39, 0.29) is 17.3 Å². The molecule has 0 saturated heterocycles. The smallest absolute Gasteiger partial charge is 0.253 e. The zero-order chi connectivity index (χ0) is 17.6. The van der Waals surface area contributed by atoms with Crippen LogP contribution in [0.2, 0.25) is 0 Å². The Morgan fingerprint density at radius 2 is 2.04 bits per heavy atom. The summed E-state index contributed by atoms with van der Waals surface area (Å²) in [4.78, 5) is 15.9. The number of nitrogens with zero attached hydrogens (tertiary/aromatic N) is 3. The number of fused-ring (bicyclic) bond motifs is 2. The van der Waals surface area contributed by atoms with E-state index < -0.39 is 0 Å². The maximum atomic E-state index is 14.6. The van der Waals surface area contributed by atoms with Gasteiger partial charge in [-0.3, -0.25) is 9.69 Å². The molecule has 0 unspecified atom stereocenters. The van der Waals surface area contributed by atoms with E-state index in [0.29, 0.717) is 17.7 Å². The predicted molar refractivity (Wildman–Crippen MR) is 94.8 cm³/mol. The minimum Gasteiger partial charge on any atom is -0.348 e. The molecular formula is C20H24FN3O. The van der Waals surface area contributed by atoms with E-state index in [2.05, 4.69) is 27.8 Å². The van der Waals surface area contributed by atoms with Gasteiger partial charge in [0.1, 0.15) is 5.82 Å². The SMILES string of the molecule is CN(C)C(=O)c1ccc(CN2CCn3cccc3C23CCC3)c(F)c1. The molecule has 0 radical (unpaired) electrons. The molecule has 1 saturated carbocycles. The molecule has 4 rings (SSSR count). The van der Waals surface area contributed by atoms with Crippen LogP contribution in [0.1, 0.15) is 40.9 Å². The molecule has 4 nitrogen and oxygen atoms in total. The number of amides is 1. The van der Waals surface area contributed by atoms with Crippen molar-refractivity contribution in [1.29, 1.82) is 0 Å². The van der Waals surface area contributed by atoms with E-state index in [4.69, 9.17) is 0 Å². The van der Waals surface area contributed by atoms with Gasteiger partial charge in [-0.25, -0.2) is 4.39 Å². The highest BCUT2D eigenvalue weighted by Crippen LogP contribution is 2.49. The summed E-state index contributed by atoms with van der Waals surface area (Å²) in [5.41, 5.74) is 2.50. The normalized spacial score (nSPS) is 18.7. The van der Waals surface area contributed by atoms with Crippen molar-refractivity contribution in [2.24, 2.45) is 0 Å². The van der Waals surface area contributed by atoms with Gasteiger partial charge in [-0.2, -0.15) is 0 Å². The summed E-state index contributed by atoms with van der Waals surface area (Å²) >= 11 is 0. The molecule has 132 valence electrons. The largest absolute Gasteiger partial charge is 0.348 e. The predicted octanol–water partition coefficient (Wildman–Crippen LogP) is 3.22. The fourth-order valence-electron chi connectivity index (χ4n) is 4.22. The van der Waals surface area contributed by atoms with E-state index >= 15 is 0 Å². The van der Waals surface area contributed by atoms with Crippen molar-refractivity contribution in [2.75, 3.05) is 20.6 Å². The number of aromatic nitrogens is 1. The Morgan fingerprint density at radius 1 is 1.24 bits per heavy atom. The van der Waals surface area contributed by atoms with Gasteiger partial charge >= 0.3 is 0 Å². The second-order valence-corrected chi connectivity index (χ2v) is 7.40. The van der Waals surface area contributed by atoms with Gasteiger partial charge in [-0.15, -0.1) is 0 Å². The van der Waals surface area contributed by atoms with Crippen LogP contribution in [0.15, 0.2) is 36.5 Å². The summed E-state index contributed by atoms with van der Waals surface area (Å²) < 4.78 is 17.0. The zero-order valence-electron chi connectivity index (χ0n) is 14.8. The molecule has 1 aromatic heterocycles. The Labute approximate surface area is 147 Å². The summed E-state index contributed by atoms with van der Waals surface area (Å²) in [6.07, 6.45) is 5.64. The van der Waals surface area contributed by atoms with E-state index in [9.17, 15) is 9.18 Å². The van der Waals surface area contributed by atoms with Gasteiger partial charge in [-0.1, -0.05) is 6.07 Å². The van der Waals surface area contributed by atoms with Crippen molar-refractivity contribution < 1.29 is 9.18 Å². The number of rotatable bonds is 3. The van der Waals surface area contributed by atoms with Gasteiger partial charge in [0.2, 0.25) is 0 Å². The van der Waals surface area contributed by atoms with Crippen molar-refractivity contribution in [2.45, 2.75) is 37.9 Å². The minimum atomic E-state index is -0.289. The molecule has 0 atom stereocenters. The average molecular weight is 341 g/mol. The fourth-order valence-corrected chi connectivity index (χ4v) is 4.22. The topological polar surface area (TPSA) is 28.5 Å². The fraction of sp³-hybridized carbons (Fsp3) is 0.450. The van der Waals surface area contributed by atoms with Gasteiger partial charge in [0.05, 0.1) is 5.54 Å². The maximum absolute atomic E-state index is 14.6. The van der Waals surface area contributed by atoms with Gasteiger partial charge in [0, 0.05) is 56.7 Å². The van der Waals surface area contributed by atoms with Crippen molar-refractivity contribution >= 4 is 5.91 Å². The number of carbonyl (C=O) groups is 1. The van der Waals surface area contributed by atoms with Crippen LogP contribution in [0.5, 0.6) is 0 Å². The lowest BCUT2D eigenvalue weighted by atomic mass is 9.71. The van der Waals surface area contributed by atoms with E-state index in [1.54, 1.807) is 26.2 Å². The second kappa shape index (κ2) is 5.99. The quantitative estimate of drug-likeness (QED) is 0.857. The zero-order valence-corrected chi connectivity index (χ0v) is 14.8. The molecule has 1 spiro atoms. The third-order valence-electron chi connectivity index (χ3n) is 5.77. The highest BCUT2D eigenvalue weighted by Gasteiger charge is 2.47.